The lowest BCUT2D eigenvalue weighted by atomic mass is 9.94. The molecule has 0 aromatic heterocycles. The van der Waals surface area contributed by atoms with Crippen LogP contribution in [0.4, 0.5) is 0 Å². The van der Waals surface area contributed by atoms with Crippen LogP contribution in [0.2, 0.25) is 0 Å². The second-order valence-electron chi connectivity index (χ2n) is 4.07. The Morgan fingerprint density at radius 3 is 2.78 bits per heavy atom. The molecule has 18 heavy (non-hydrogen) atoms. The summed E-state index contributed by atoms with van der Waals surface area (Å²) in [6, 6.07) is 5.14. The number of hydrogen-bond donors (Lipinski definition) is 0. The van der Waals surface area contributed by atoms with Gasteiger partial charge in [-0.2, -0.15) is 0 Å². The first kappa shape index (κ1) is 13.0. The molecule has 0 heterocycles. The Labute approximate surface area is 114 Å². The van der Waals surface area contributed by atoms with Crippen LogP contribution in [0.5, 0.6) is 0 Å². The number of halogens is 1. The maximum Gasteiger partial charge on any atom is 0.229 e. The predicted octanol–water partition coefficient (Wildman–Crippen LogP) is 3.53. The summed E-state index contributed by atoms with van der Waals surface area (Å²) in [5, 5.41) is 0. The third-order valence-electron chi connectivity index (χ3n) is 2.75. The molecule has 0 atom stereocenters. The minimum absolute atomic E-state index is 0.146. The molecule has 94 valence electrons. The predicted molar refractivity (Wildman–Crippen MR) is 71.7 cm³/mol. The van der Waals surface area contributed by atoms with Crippen molar-refractivity contribution in [3.8, 4) is 0 Å². The van der Waals surface area contributed by atoms with Crippen LogP contribution in [0.25, 0.3) is 0 Å². The van der Waals surface area contributed by atoms with Crippen molar-refractivity contribution >= 4 is 27.5 Å². The number of allylic oxidation sites excluding steroid dienone is 2. The highest BCUT2D eigenvalue weighted by Gasteiger charge is 2.28. The molecule has 0 N–H and O–H groups in total. The topological polar surface area (TPSA) is 43.4 Å². The van der Waals surface area contributed by atoms with Crippen molar-refractivity contribution in [1.82, 2.24) is 0 Å². The van der Waals surface area contributed by atoms with Crippen LogP contribution >= 0.6 is 15.9 Å². The summed E-state index contributed by atoms with van der Waals surface area (Å²) in [4.78, 5) is 24.1. The molecule has 0 radical (unpaired) electrons. The number of ether oxygens (including phenoxy) is 1. The van der Waals surface area contributed by atoms with Gasteiger partial charge in [-0.1, -0.05) is 41.4 Å². The van der Waals surface area contributed by atoms with Gasteiger partial charge in [0.1, 0.15) is 0 Å². The molecule has 1 aromatic rings. The highest BCUT2D eigenvalue weighted by Crippen LogP contribution is 2.28. The van der Waals surface area contributed by atoms with E-state index in [-0.39, 0.29) is 17.3 Å². The van der Waals surface area contributed by atoms with Crippen LogP contribution in [-0.2, 0) is 4.74 Å². The standard InChI is InChI=1S/C14H13BrO3/c1-2-3-7-18-12-8-11(16)9-5-4-6-10(15)13(9)14(12)17/h4-6,8H,2-3,7H2,1H3. The molecule has 0 aliphatic heterocycles. The molecule has 3 nitrogen and oxygen atoms in total. The molecular formula is C14H13BrO3. The van der Waals surface area contributed by atoms with E-state index in [4.69, 9.17) is 4.74 Å². The number of carbonyl (C=O) groups excluding carboxylic acids is 2. The van der Waals surface area contributed by atoms with Gasteiger partial charge in [0.05, 0.1) is 12.2 Å². The Morgan fingerprint density at radius 1 is 1.28 bits per heavy atom. The largest absolute Gasteiger partial charge is 0.489 e. The van der Waals surface area contributed by atoms with Gasteiger partial charge in [-0.15, -0.1) is 0 Å². The first-order chi connectivity index (χ1) is 8.65. The summed E-state index contributed by atoms with van der Waals surface area (Å²) >= 11 is 3.30. The molecule has 0 bridgehead atoms. The zero-order valence-electron chi connectivity index (χ0n) is 10.0. The van der Waals surface area contributed by atoms with Crippen LogP contribution in [0.1, 0.15) is 40.5 Å². The van der Waals surface area contributed by atoms with E-state index in [2.05, 4.69) is 15.9 Å². The number of Topliss-reactive ketones (excluding diaryl/α,β-unsaturated/α-hetero) is 1. The third kappa shape index (κ3) is 2.38. The van der Waals surface area contributed by atoms with E-state index < -0.39 is 0 Å². The van der Waals surface area contributed by atoms with Gasteiger partial charge >= 0.3 is 0 Å². The second-order valence-corrected chi connectivity index (χ2v) is 4.92. The molecule has 4 heteroatoms. The molecule has 1 aliphatic rings. The average Bonchev–Trinajstić information content (AvgIpc) is 2.35. The van der Waals surface area contributed by atoms with Crippen LogP contribution in [-0.4, -0.2) is 18.2 Å². The highest BCUT2D eigenvalue weighted by molar-refractivity contribution is 9.10. The van der Waals surface area contributed by atoms with Crippen molar-refractivity contribution in [1.29, 1.82) is 0 Å². The Bertz CT molecular complexity index is 532. The van der Waals surface area contributed by atoms with E-state index in [1.165, 1.54) is 6.08 Å². The van der Waals surface area contributed by atoms with Gasteiger partial charge in [-0.3, -0.25) is 9.59 Å². The van der Waals surface area contributed by atoms with E-state index in [1.807, 2.05) is 6.92 Å². The van der Waals surface area contributed by atoms with Crippen molar-refractivity contribution in [2.75, 3.05) is 6.61 Å². The van der Waals surface area contributed by atoms with Crippen molar-refractivity contribution in [3.63, 3.8) is 0 Å². The van der Waals surface area contributed by atoms with Crippen LogP contribution < -0.4 is 0 Å². The van der Waals surface area contributed by atoms with Crippen molar-refractivity contribution in [2.24, 2.45) is 0 Å². The molecule has 1 aliphatic carbocycles. The molecule has 0 spiro atoms. The van der Waals surface area contributed by atoms with Gasteiger partial charge in [0.25, 0.3) is 0 Å². The smallest absolute Gasteiger partial charge is 0.229 e. The Hall–Kier alpha value is -1.42. The van der Waals surface area contributed by atoms with Gasteiger partial charge in [0.15, 0.2) is 11.5 Å². The third-order valence-corrected chi connectivity index (χ3v) is 3.41. The normalized spacial score (nSPS) is 14.2. The van der Waals surface area contributed by atoms with Crippen LogP contribution in [0, 0.1) is 0 Å². The fourth-order valence-corrected chi connectivity index (χ4v) is 2.33. The number of fused-ring (bicyclic) bond motifs is 1. The Morgan fingerprint density at radius 2 is 2.06 bits per heavy atom. The summed E-state index contributed by atoms with van der Waals surface area (Å²) < 4.78 is 6.02. The average molecular weight is 309 g/mol. The van der Waals surface area contributed by atoms with E-state index in [1.54, 1.807) is 18.2 Å². The summed E-state index contributed by atoms with van der Waals surface area (Å²) in [6.07, 6.45) is 3.13. The van der Waals surface area contributed by atoms with Crippen LogP contribution in [0.15, 0.2) is 34.5 Å². The molecular weight excluding hydrogens is 296 g/mol. The van der Waals surface area contributed by atoms with Gasteiger partial charge in [0, 0.05) is 16.1 Å². The lowest BCUT2D eigenvalue weighted by molar-refractivity contribution is 0.0880. The molecule has 0 unspecified atom stereocenters. The lowest BCUT2D eigenvalue weighted by Gasteiger charge is -2.16. The molecule has 0 amide bonds. The molecule has 0 saturated heterocycles. The monoisotopic (exact) mass is 308 g/mol. The fraction of sp³-hybridized carbons (Fsp3) is 0.286. The van der Waals surface area contributed by atoms with Gasteiger partial charge in [-0.05, 0) is 12.5 Å². The Balaban J connectivity index is 2.31. The van der Waals surface area contributed by atoms with E-state index >= 15 is 0 Å². The zero-order chi connectivity index (χ0) is 13.1. The number of benzene rings is 1. The maximum absolute atomic E-state index is 12.2. The Kier molecular flexibility index (Phi) is 3.97. The molecule has 1 aromatic carbocycles. The minimum atomic E-state index is -0.229. The van der Waals surface area contributed by atoms with E-state index in [0.29, 0.717) is 22.2 Å². The summed E-state index contributed by atoms with van der Waals surface area (Å²) in [6.45, 7) is 2.50. The van der Waals surface area contributed by atoms with E-state index in [9.17, 15) is 9.59 Å². The number of ketones is 2. The van der Waals surface area contributed by atoms with Gasteiger partial charge in [0.2, 0.25) is 5.78 Å². The number of hydrogen-bond acceptors (Lipinski definition) is 3. The van der Waals surface area contributed by atoms with Gasteiger partial charge < -0.3 is 4.74 Å². The summed E-state index contributed by atoms with van der Waals surface area (Å²) in [5.41, 5.74) is 0.828. The first-order valence-corrected chi connectivity index (χ1v) is 6.66. The van der Waals surface area contributed by atoms with Crippen molar-refractivity contribution in [2.45, 2.75) is 19.8 Å². The SMILES string of the molecule is CCCCOC1=CC(=O)c2cccc(Br)c2C1=O. The quantitative estimate of drug-likeness (QED) is 0.799. The first-order valence-electron chi connectivity index (χ1n) is 5.87. The summed E-state index contributed by atoms with van der Waals surface area (Å²) in [7, 11) is 0. The molecule has 0 fully saturated rings. The van der Waals surface area contributed by atoms with E-state index in [0.717, 1.165) is 12.8 Å². The molecule has 2 rings (SSSR count). The van der Waals surface area contributed by atoms with Crippen molar-refractivity contribution in [3.05, 3.63) is 45.6 Å². The number of carbonyl (C=O) groups is 2. The van der Waals surface area contributed by atoms with Crippen LogP contribution in [0.3, 0.4) is 0 Å². The zero-order valence-corrected chi connectivity index (χ0v) is 11.6. The minimum Gasteiger partial charge on any atom is -0.489 e. The number of rotatable bonds is 4. The molecule has 0 saturated carbocycles. The maximum atomic E-state index is 12.2. The lowest BCUT2D eigenvalue weighted by Crippen LogP contribution is -2.19. The highest BCUT2D eigenvalue weighted by atomic mass is 79.9. The van der Waals surface area contributed by atoms with Gasteiger partial charge in [-0.25, -0.2) is 0 Å². The number of unbranched alkanes of at least 4 members (excludes halogenated alkanes) is 1. The fourth-order valence-electron chi connectivity index (χ4n) is 1.78. The summed E-state index contributed by atoms with van der Waals surface area (Å²) in [5.74, 6) is -0.265. The second kappa shape index (κ2) is 5.48. The van der Waals surface area contributed by atoms with Crippen molar-refractivity contribution < 1.29 is 14.3 Å².